The number of allylic oxidation sites excluding steroid dienone is 1. The number of carbonyl (C=O) groups is 2. The van der Waals surface area contributed by atoms with Crippen molar-refractivity contribution in [2.24, 2.45) is 0 Å². The lowest BCUT2D eigenvalue weighted by atomic mass is 10.1. The summed E-state index contributed by atoms with van der Waals surface area (Å²) >= 11 is 0. The maximum absolute atomic E-state index is 12.2. The quantitative estimate of drug-likeness (QED) is 0.654. The minimum atomic E-state index is -0.984. The molecule has 0 saturated carbocycles. The Morgan fingerprint density at radius 1 is 0.913 bits per heavy atom. The molecule has 5 nitrogen and oxygen atoms in total. The summed E-state index contributed by atoms with van der Waals surface area (Å²) in [6.07, 6.45) is 3.06. The summed E-state index contributed by atoms with van der Waals surface area (Å²) in [6, 6.07) is 11.2. The van der Waals surface area contributed by atoms with Crippen LogP contribution in [0.15, 0.2) is 48.5 Å². The molecule has 2 aromatic rings. The minimum absolute atomic E-state index is 0.187. The molecule has 0 aliphatic rings. The van der Waals surface area contributed by atoms with Crippen molar-refractivity contribution < 1.29 is 24.2 Å². The number of aromatic carboxylic acids is 1. The van der Waals surface area contributed by atoms with E-state index in [2.05, 4.69) is 0 Å². The van der Waals surface area contributed by atoms with Crippen molar-refractivity contribution in [3.8, 4) is 11.5 Å². The van der Waals surface area contributed by atoms with Crippen molar-refractivity contribution in [2.75, 3.05) is 14.2 Å². The van der Waals surface area contributed by atoms with Crippen LogP contribution in [0.2, 0.25) is 0 Å². The van der Waals surface area contributed by atoms with Crippen molar-refractivity contribution in [3.63, 3.8) is 0 Å². The summed E-state index contributed by atoms with van der Waals surface area (Å²) in [6.45, 7) is 0. The third-order valence-corrected chi connectivity index (χ3v) is 3.25. The van der Waals surface area contributed by atoms with Crippen LogP contribution in [-0.4, -0.2) is 31.1 Å². The molecule has 0 aliphatic heterocycles. The van der Waals surface area contributed by atoms with E-state index in [1.54, 1.807) is 36.4 Å². The Balaban J connectivity index is 2.16. The van der Waals surface area contributed by atoms with Crippen LogP contribution in [0.1, 0.15) is 26.3 Å². The highest BCUT2D eigenvalue weighted by Gasteiger charge is 2.08. The molecule has 5 heteroatoms. The van der Waals surface area contributed by atoms with E-state index < -0.39 is 5.97 Å². The number of hydrogen-bond donors (Lipinski definition) is 1. The molecular formula is C18H16O5. The van der Waals surface area contributed by atoms with E-state index in [-0.39, 0.29) is 11.3 Å². The summed E-state index contributed by atoms with van der Waals surface area (Å²) in [4.78, 5) is 23.0. The Bertz CT molecular complexity index is 745. The maximum Gasteiger partial charge on any atom is 0.335 e. The maximum atomic E-state index is 12.2. The van der Waals surface area contributed by atoms with E-state index in [1.807, 2.05) is 0 Å². The molecule has 0 aromatic heterocycles. The Kier molecular flexibility index (Phi) is 5.15. The topological polar surface area (TPSA) is 72.8 Å². The fourth-order valence-corrected chi connectivity index (χ4v) is 1.99. The van der Waals surface area contributed by atoms with Gasteiger partial charge in [-0.3, -0.25) is 4.79 Å². The molecule has 23 heavy (non-hydrogen) atoms. The van der Waals surface area contributed by atoms with E-state index in [0.717, 1.165) is 5.56 Å². The molecule has 2 aromatic carbocycles. The average Bonchev–Trinajstić information content (AvgIpc) is 2.59. The molecule has 0 unspecified atom stereocenters. The van der Waals surface area contributed by atoms with Gasteiger partial charge in [0.05, 0.1) is 19.8 Å². The van der Waals surface area contributed by atoms with E-state index >= 15 is 0 Å². The standard InChI is InChI=1S/C18H16O5/c1-22-16-10-8-14(11-17(16)23-2)15(19)9-5-12-3-6-13(7-4-12)18(20)21/h3-11H,1-2H3,(H,20,21)/b9-5+. The number of rotatable bonds is 6. The summed E-state index contributed by atoms with van der Waals surface area (Å²) in [5.41, 5.74) is 1.42. The molecule has 0 spiro atoms. The molecule has 0 amide bonds. The normalized spacial score (nSPS) is 10.5. The molecular weight excluding hydrogens is 296 g/mol. The van der Waals surface area contributed by atoms with Gasteiger partial charge in [0.2, 0.25) is 0 Å². The van der Waals surface area contributed by atoms with Gasteiger partial charge in [-0.05, 0) is 42.0 Å². The third-order valence-electron chi connectivity index (χ3n) is 3.25. The van der Waals surface area contributed by atoms with Gasteiger partial charge in [-0.15, -0.1) is 0 Å². The summed E-state index contributed by atoms with van der Waals surface area (Å²) in [5.74, 6) is -0.134. The van der Waals surface area contributed by atoms with Gasteiger partial charge in [-0.25, -0.2) is 4.79 Å². The van der Waals surface area contributed by atoms with Gasteiger partial charge in [0, 0.05) is 5.56 Å². The number of methoxy groups -OCH3 is 2. The van der Waals surface area contributed by atoms with Crippen molar-refractivity contribution in [1.82, 2.24) is 0 Å². The second kappa shape index (κ2) is 7.26. The molecule has 0 fully saturated rings. The van der Waals surface area contributed by atoms with Gasteiger partial charge in [0.15, 0.2) is 17.3 Å². The predicted molar refractivity (Wildman–Crippen MR) is 86.3 cm³/mol. The van der Waals surface area contributed by atoms with Crippen LogP contribution >= 0.6 is 0 Å². The smallest absolute Gasteiger partial charge is 0.335 e. The predicted octanol–water partition coefficient (Wildman–Crippen LogP) is 3.30. The van der Waals surface area contributed by atoms with Crippen LogP contribution in [0.3, 0.4) is 0 Å². The zero-order chi connectivity index (χ0) is 16.8. The average molecular weight is 312 g/mol. The Morgan fingerprint density at radius 2 is 1.52 bits per heavy atom. The van der Waals surface area contributed by atoms with Gasteiger partial charge in [0.1, 0.15) is 0 Å². The summed E-state index contributed by atoms with van der Waals surface area (Å²) in [7, 11) is 3.03. The molecule has 2 rings (SSSR count). The van der Waals surface area contributed by atoms with Crippen molar-refractivity contribution in [2.45, 2.75) is 0 Å². The summed E-state index contributed by atoms with van der Waals surface area (Å²) < 4.78 is 10.3. The number of carbonyl (C=O) groups excluding carboxylic acids is 1. The van der Waals surface area contributed by atoms with Crippen LogP contribution in [0.4, 0.5) is 0 Å². The van der Waals surface area contributed by atoms with Crippen LogP contribution in [0.5, 0.6) is 11.5 Å². The SMILES string of the molecule is COc1ccc(C(=O)/C=C/c2ccc(C(=O)O)cc2)cc1OC. The van der Waals surface area contributed by atoms with E-state index in [1.165, 1.54) is 32.4 Å². The number of carboxylic acids is 1. The van der Waals surface area contributed by atoms with E-state index in [0.29, 0.717) is 17.1 Å². The second-order valence-corrected chi connectivity index (χ2v) is 4.69. The zero-order valence-corrected chi connectivity index (χ0v) is 12.8. The molecule has 0 saturated heterocycles. The largest absolute Gasteiger partial charge is 0.493 e. The highest BCUT2D eigenvalue weighted by atomic mass is 16.5. The number of benzene rings is 2. The molecule has 0 heterocycles. The van der Waals surface area contributed by atoms with Gasteiger partial charge >= 0.3 is 5.97 Å². The number of carboxylic acid groups (broad SMARTS) is 1. The van der Waals surface area contributed by atoms with E-state index in [9.17, 15) is 9.59 Å². The number of hydrogen-bond acceptors (Lipinski definition) is 4. The van der Waals surface area contributed by atoms with Crippen molar-refractivity contribution >= 4 is 17.8 Å². The first-order valence-corrected chi connectivity index (χ1v) is 6.83. The van der Waals surface area contributed by atoms with Crippen molar-refractivity contribution in [3.05, 3.63) is 65.2 Å². The lowest BCUT2D eigenvalue weighted by Crippen LogP contribution is -1.97. The first kappa shape index (κ1) is 16.3. The lowest BCUT2D eigenvalue weighted by Gasteiger charge is -2.08. The van der Waals surface area contributed by atoms with Crippen LogP contribution in [-0.2, 0) is 0 Å². The van der Waals surface area contributed by atoms with Gasteiger partial charge in [-0.1, -0.05) is 18.2 Å². The molecule has 0 radical (unpaired) electrons. The second-order valence-electron chi connectivity index (χ2n) is 4.69. The van der Waals surface area contributed by atoms with Gasteiger partial charge in [0.25, 0.3) is 0 Å². The highest BCUT2D eigenvalue weighted by Crippen LogP contribution is 2.27. The Morgan fingerprint density at radius 3 is 2.09 bits per heavy atom. The van der Waals surface area contributed by atoms with Gasteiger partial charge < -0.3 is 14.6 Å². The minimum Gasteiger partial charge on any atom is -0.493 e. The first-order valence-electron chi connectivity index (χ1n) is 6.83. The fraction of sp³-hybridized carbons (Fsp3) is 0.111. The first-order chi connectivity index (χ1) is 11.0. The molecule has 1 N–H and O–H groups in total. The van der Waals surface area contributed by atoms with Crippen LogP contribution in [0, 0.1) is 0 Å². The zero-order valence-electron chi connectivity index (χ0n) is 12.8. The Labute approximate surface area is 133 Å². The monoisotopic (exact) mass is 312 g/mol. The molecule has 0 bridgehead atoms. The lowest BCUT2D eigenvalue weighted by molar-refractivity contribution is 0.0696. The van der Waals surface area contributed by atoms with Crippen LogP contribution in [0.25, 0.3) is 6.08 Å². The highest BCUT2D eigenvalue weighted by molar-refractivity contribution is 6.07. The Hall–Kier alpha value is -3.08. The van der Waals surface area contributed by atoms with Crippen molar-refractivity contribution in [1.29, 1.82) is 0 Å². The van der Waals surface area contributed by atoms with Gasteiger partial charge in [-0.2, -0.15) is 0 Å². The third kappa shape index (κ3) is 3.97. The molecule has 0 aliphatic carbocycles. The number of ether oxygens (including phenoxy) is 2. The van der Waals surface area contributed by atoms with Crippen LogP contribution < -0.4 is 9.47 Å². The molecule has 0 atom stereocenters. The van der Waals surface area contributed by atoms with E-state index in [4.69, 9.17) is 14.6 Å². The number of ketones is 1. The molecule has 118 valence electrons. The summed E-state index contributed by atoms with van der Waals surface area (Å²) in [5, 5.41) is 8.84. The fourth-order valence-electron chi connectivity index (χ4n) is 1.99.